The highest BCUT2D eigenvalue weighted by atomic mass is 16.6. The number of amides is 1. The van der Waals surface area contributed by atoms with E-state index in [2.05, 4.69) is 5.32 Å². The van der Waals surface area contributed by atoms with Crippen molar-refractivity contribution >= 4 is 11.8 Å². The Morgan fingerprint density at radius 3 is 2.32 bits per heavy atom. The number of anilines is 1. The molecule has 3 N–H and O–H groups in total. The second-order valence-electron chi connectivity index (χ2n) is 7.23. The van der Waals surface area contributed by atoms with Gasteiger partial charge in [-0.25, -0.2) is 4.79 Å². The van der Waals surface area contributed by atoms with E-state index in [4.69, 9.17) is 19.5 Å². The predicted octanol–water partition coefficient (Wildman–Crippen LogP) is 4.05. The lowest BCUT2D eigenvalue weighted by atomic mass is 10.0. The molecule has 8 nitrogen and oxygen atoms in total. The molecule has 8 heteroatoms. The molecule has 176 valence electrons. The Labute approximate surface area is 197 Å². The van der Waals surface area contributed by atoms with Crippen molar-refractivity contribution in [1.29, 1.82) is 5.26 Å². The monoisotopic (exact) mass is 462 g/mol. The van der Waals surface area contributed by atoms with Crippen LogP contribution in [0.4, 0.5) is 10.5 Å². The van der Waals surface area contributed by atoms with E-state index in [1.165, 1.54) is 0 Å². The largest absolute Gasteiger partial charge is 0.491 e. The predicted molar refractivity (Wildman–Crippen MR) is 126 cm³/mol. The summed E-state index contributed by atoms with van der Waals surface area (Å²) in [5, 5.41) is 30.5. The van der Waals surface area contributed by atoms with E-state index in [0.29, 0.717) is 28.3 Å². The van der Waals surface area contributed by atoms with Crippen molar-refractivity contribution in [2.24, 2.45) is 0 Å². The van der Waals surface area contributed by atoms with E-state index in [-0.39, 0.29) is 26.2 Å². The number of aliphatic hydroxyl groups excluding tert-OH is 2. The molecule has 0 aliphatic rings. The molecule has 0 saturated carbocycles. The molecule has 3 aromatic carbocycles. The molecule has 0 spiro atoms. The van der Waals surface area contributed by atoms with Crippen molar-refractivity contribution in [1.82, 2.24) is 0 Å². The van der Waals surface area contributed by atoms with Gasteiger partial charge in [-0.05, 0) is 42.5 Å². The number of benzene rings is 3. The van der Waals surface area contributed by atoms with Crippen LogP contribution in [-0.2, 0) is 4.74 Å². The van der Waals surface area contributed by atoms with Gasteiger partial charge in [-0.3, -0.25) is 5.32 Å². The minimum atomic E-state index is -0.944. The molecule has 3 aromatic rings. The summed E-state index contributed by atoms with van der Waals surface area (Å²) in [5.41, 5.74) is 1.45. The molecule has 0 aromatic heterocycles. The first-order valence-electron chi connectivity index (χ1n) is 10.8. The third-order valence-electron chi connectivity index (χ3n) is 4.85. The van der Waals surface area contributed by atoms with Gasteiger partial charge in [0, 0.05) is 24.3 Å². The smallest absolute Gasteiger partial charge is 0.412 e. The van der Waals surface area contributed by atoms with E-state index in [0.717, 1.165) is 0 Å². The normalized spacial score (nSPS) is 12.1. The molecule has 0 aliphatic heterocycles. The lowest BCUT2D eigenvalue weighted by Gasteiger charge is -2.29. The van der Waals surface area contributed by atoms with E-state index < -0.39 is 18.3 Å². The summed E-state index contributed by atoms with van der Waals surface area (Å²) in [7, 11) is 0. The van der Waals surface area contributed by atoms with Crippen LogP contribution in [-0.4, -0.2) is 42.2 Å². The third-order valence-corrected chi connectivity index (χ3v) is 4.85. The van der Waals surface area contributed by atoms with E-state index in [9.17, 15) is 15.0 Å². The van der Waals surface area contributed by atoms with Gasteiger partial charge < -0.3 is 24.4 Å². The van der Waals surface area contributed by atoms with E-state index in [1.807, 2.05) is 24.3 Å². The van der Waals surface area contributed by atoms with Gasteiger partial charge in [0.1, 0.15) is 24.2 Å². The Balaban J connectivity index is 1.90. The van der Waals surface area contributed by atoms with Gasteiger partial charge in [0.2, 0.25) is 0 Å². The molecule has 0 aliphatic carbocycles. The van der Waals surface area contributed by atoms with Crippen molar-refractivity contribution in [2.45, 2.75) is 18.6 Å². The third kappa shape index (κ3) is 6.97. The van der Waals surface area contributed by atoms with Crippen LogP contribution in [0.15, 0.2) is 78.9 Å². The van der Waals surface area contributed by atoms with E-state index >= 15 is 0 Å². The lowest BCUT2D eigenvalue weighted by Crippen LogP contribution is -2.32. The summed E-state index contributed by atoms with van der Waals surface area (Å²) in [6.45, 7) is -0.320. The fourth-order valence-electron chi connectivity index (χ4n) is 3.31. The van der Waals surface area contributed by atoms with Crippen molar-refractivity contribution in [2.75, 3.05) is 25.1 Å². The number of hydrogen-bond donors (Lipinski definition) is 3. The molecule has 0 fully saturated rings. The first-order valence-corrected chi connectivity index (χ1v) is 10.8. The quantitative estimate of drug-likeness (QED) is 0.393. The molecule has 3 rings (SSSR count). The van der Waals surface area contributed by atoms with Crippen LogP contribution in [0.25, 0.3) is 0 Å². The van der Waals surface area contributed by atoms with Crippen molar-refractivity contribution in [3.63, 3.8) is 0 Å². The zero-order valence-corrected chi connectivity index (χ0v) is 18.5. The summed E-state index contributed by atoms with van der Waals surface area (Å²) in [4.78, 5) is 12.8. The topological polar surface area (TPSA) is 121 Å². The lowest BCUT2D eigenvalue weighted by molar-refractivity contribution is 0.00751. The number of hydrogen-bond acceptors (Lipinski definition) is 7. The number of carbonyl (C=O) groups is 1. The standard InChI is InChI=1S/C26H26N2O6/c27-18-19-10-12-20(13-11-19)28-26(31)34-25(22-8-4-5-9-23(22)32-17-16-30)24(14-15-29)33-21-6-2-1-3-7-21/h1-13,24-25,29-30H,14-17H2,(H,28,31)/t24-,25-/m1/s1. The SMILES string of the molecule is N#Cc1ccc(NC(=O)O[C@H](c2ccccc2OCCO)[C@@H](CCO)Oc2ccccc2)cc1. The van der Waals surface area contributed by atoms with Gasteiger partial charge in [-0.2, -0.15) is 5.26 Å². The summed E-state index contributed by atoms with van der Waals surface area (Å²) in [5.74, 6) is 0.975. The number of nitriles is 1. The van der Waals surface area contributed by atoms with Gasteiger partial charge in [-0.1, -0.05) is 36.4 Å². The number of aliphatic hydroxyl groups is 2. The van der Waals surface area contributed by atoms with Crippen molar-refractivity contribution < 1.29 is 29.2 Å². The zero-order chi connectivity index (χ0) is 24.2. The number of nitrogens with one attached hydrogen (secondary N) is 1. The molecule has 0 radical (unpaired) electrons. The van der Waals surface area contributed by atoms with Crippen molar-refractivity contribution in [3.05, 3.63) is 90.0 Å². The van der Waals surface area contributed by atoms with Crippen LogP contribution in [0.3, 0.4) is 0 Å². The average Bonchev–Trinajstić information content (AvgIpc) is 2.87. The molecular formula is C26H26N2O6. The summed E-state index contributed by atoms with van der Waals surface area (Å²) in [6, 6.07) is 24.4. The maximum Gasteiger partial charge on any atom is 0.412 e. The number of carbonyl (C=O) groups excluding carboxylic acids is 1. The molecule has 34 heavy (non-hydrogen) atoms. The molecule has 1 amide bonds. The average molecular weight is 463 g/mol. The number of rotatable bonds is 11. The highest BCUT2D eigenvalue weighted by Gasteiger charge is 2.31. The second kappa shape index (κ2) is 12.8. The van der Waals surface area contributed by atoms with Crippen LogP contribution in [0, 0.1) is 11.3 Å². The summed E-state index contributed by atoms with van der Waals surface area (Å²) >= 11 is 0. The maximum atomic E-state index is 12.8. The Bertz CT molecular complexity index is 1080. The Kier molecular flexibility index (Phi) is 9.29. The fraction of sp³-hybridized carbons (Fsp3) is 0.231. The van der Waals surface area contributed by atoms with Crippen molar-refractivity contribution in [3.8, 4) is 17.6 Å². The van der Waals surface area contributed by atoms with Crippen LogP contribution >= 0.6 is 0 Å². The number of ether oxygens (including phenoxy) is 3. The van der Waals surface area contributed by atoms with Gasteiger partial charge >= 0.3 is 6.09 Å². The highest BCUT2D eigenvalue weighted by Crippen LogP contribution is 2.34. The Hall–Kier alpha value is -4.06. The van der Waals surface area contributed by atoms with Gasteiger partial charge in [-0.15, -0.1) is 0 Å². The van der Waals surface area contributed by atoms with Crippen LogP contribution in [0.1, 0.15) is 23.7 Å². The summed E-state index contributed by atoms with van der Waals surface area (Å²) in [6.07, 6.45) is -2.25. The molecule has 2 atom stereocenters. The second-order valence-corrected chi connectivity index (χ2v) is 7.23. The highest BCUT2D eigenvalue weighted by molar-refractivity contribution is 5.84. The van der Waals surface area contributed by atoms with Gasteiger partial charge in [0.15, 0.2) is 6.10 Å². The first kappa shape index (κ1) is 24.6. The molecule has 0 bridgehead atoms. The zero-order valence-electron chi connectivity index (χ0n) is 18.5. The van der Waals surface area contributed by atoms with Gasteiger partial charge in [0.25, 0.3) is 0 Å². The van der Waals surface area contributed by atoms with Gasteiger partial charge in [0.05, 0.1) is 18.2 Å². The minimum Gasteiger partial charge on any atom is -0.491 e. The van der Waals surface area contributed by atoms with E-state index in [1.54, 1.807) is 60.7 Å². The minimum absolute atomic E-state index is 0.0609. The Morgan fingerprint density at radius 1 is 0.941 bits per heavy atom. The van der Waals surface area contributed by atoms with Crippen LogP contribution in [0.5, 0.6) is 11.5 Å². The van der Waals surface area contributed by atoms with Crippen LogP contribution in [0.2, 0.25) is 0 Å². The fourth-order valence-corrected chi connectivity index (χ4v) is 3.31. The maximum absolute atomic E-state index is 12.8. The number of nitrogens with zero attached hydrogens (tertiary/aromatic N) is 1. The molecule has 0 saturated heterocycles. The van der Waals surface area contributed by atoms with Crippen LogP contribution < -0.4 is 14.8 Å². The summed E-state index contributed by atoms with van der Waals surface area (Å²) < 4.78 is 17.6. The molecule has 0 unspecified atom stereocenters. The number of para-hydroxylation sites is 2. The molecular weight excluding hydrogens is 436 g/mol. The molecule has 0 heterocycles. The first-order chi connectivity index (χ1) is 16.6. The Morgan fingerprint density at radius 2 is 1.65 bits per heavy atom.